The summed E-state index contributed by atoms with van der Waals surface area (Å²) in [5, 5.41) is 0. The van der Waals surface area contributed by atoms with Crippen molar-refractivity contribution in [3.8, 4) is 0 Å². The molecule has 2 amide bonds. The van der Waals surface area contributed by atoms with E-state index in [0.717, 1.165) is 44.3 Å². The molecule has 0 aromatic carbocycles. The molecule has 3 rings (SSSR count). The zero-order chi connectivity index (χ0) is 17.5. The smallest absolute Gasteiger partial charge is 0.242 e. The molecule has 6 nitrogen and oxygen atoms in total. The maximum absolute atomic E-state index is 12.6. The van der Waals surface area contributed by atoms with Gasteiger partial charge in [0, 0.05) is 32.3 Å². The van der Waals surface area contributed by atoms with E-state index in [-0.39, 0.29) is 24.5 Å². The predicted molar refractivity (Wildman–Crippen MR) is 93.7 cm³/mol. The molecule has 1 atom stereocenters. The molecular formula is C19H27N3O3. The van der Waals surface area contributed by atoms with Crippen molar-refractivity contribution in [2.75, 3.05) is 26.2 Å². The second kappa shape index (κ2) is 8.94. The number of likely N-dealkylation sites (tertiary alicyclic amines) is 2. The largest absolute Gasteiger partial charge is 0.370 e. The van der Waals surface area contributed by atoms with Crippen molar-refractivity contribution in [2.45, 2.75) is 51.2 Å². The van der Waals surface area contributed by atoms with Crippen molar-refractivity contribution in [1.82, 2.24) is 14.8 Å². The van der Waals surface area contributed by atoms with Crippen LogP contribution in [0.25, 0.3) is 0 Å². The summed E-state index contributed by atoms with van der Waals surface area (Å²) in [6.45, 7) is 2.75. The third kappa shape index (κ3) is 5.26. The average Bonchev–Trinajstić information content (AvgIpc) is 2.85. The first-order chi connectivity index (χ1) is 12.2. The summed E-state index contributed by atoms with van der Waals surface area (Å²) in [6.07, 6.45) is 7.27. The zero-order valence-corrected chi connectivity index (χ0v) is 14.7. The van der Waals surface area contributed by atoms with Crippen molar-refractivity contribution < 1.29 is 14.3 Å². The lowest BCUT2D eigenvalue weighted by Crippen LogP contribution is -2.48. The first-order valence-electron chi connectivity index (χ1n) is 9.29. The Morgan fingerprint density at radius 3 is 2.96 bits per heavy atom. The van der Waals surface area contributed by atoms with Gasteiger partial charge in [-0.05, 0) is 37.8 Å². The molecule has 25 heavy (non-hydrogen) atoms. The van der Waals surface area contributed by atoms with Gasteiger partial charge in [-0.1, -0.05) is 12.5 Å². The minimum atomic E-state index is 0.0412. The molecule has 0 radical (unpaired) electrons. The molecule has 0 aliphatic carbocycles. The Hall–Kier alpha value is -1.95. The molecule has 2 saturated heterocycles. The van der Waals surface area contributed by atoms with Gasteiger partial charge >= 0.3 is 0 Å². The Balaban J connectivity index is 1.48. The Kier molecular flexibility index (Phi) is 6.39. The van der Waals surface area contributed by atoms with Gasteiger partial charge < -0.3 is 14.5 Å². The SMILES string of the molecule is O=C1CCCCCN1CC(=O)N1CCCC(OCc2ccccn2)C1. The fourth-order valence-corrected chi connectivity index (χ4v) is 3.46. The van der Waals surface area contributed by atoms with Crippen LogP contribution < -0.4 is 0 Å². The number of hydrogen-bond donors (Lipinski definition) is 0. The predicted octanol–water partition coefficient (Wildman–Crippen LogP) is 1.99. The van der Waals surface area contributed by atoms with E-state index >= 15 is 0 Å². The van der Waals surface area contributed by atoms with Gasteiger partial charge in [-0.3, -0.25) is 14.6 Å². The van der Waals surface area contributed by atoms with Crippen molar-refractivity contribution in [3.05, 3.63) is 30.1 Å². The van der Waals surface area contributed by atoms with E-state index in [4.69, 9.17) is 4.74 Å². The average molecular weight is 345 g/mol. The molecule has 0 bridgehead atoms. The van der Waals surface area contributed by atoms with Gasteiger partial charge in [-0.2, -0.15) is 0 Å². The van der Waals surface area contributed by atoms with Gasteiger partial charge in [0.1, 0.15) is 0 Å². The van der Waals surface area contributed by atoms with Crippen LogP contribution in [0.5, 0.6) is 0 Å². The Morgan fingerprint density at radius 1 is 1.20 bits per heavy atom. The van der Waals surface area contributed by atoms with E-state index in [2.05, 4.69) is 4.98 Å². The Bertz CT molecular complexity index is 579. The van der Waals surface area contributed by atoms with Crippen LogP contribution in [0, 0.1) is 0 Å². The third-order valence-corrected chi connectivity index (χ3v) is 4.92. The zero-order valence-electron chi connectivity index (χ0n) is 14.7. The molecule has 2 fully saturated rings. The number of amides is 2. The highest BCUT2D eigenvalue weighted by molar-refractivity contribution is 5.85. The summed E-state index contributed by atoms with van der Waals surface area (Å²) in [4.78, 5) is 32.5. The number of piperidine rings is 1. The van der Waals surface area contributed by atoms with Crippen LogP contribution in [-0.4, -0.2) is 58.9 Å². The molecule has 1 aromatic rings. The van der Waals surface area contributed by atoms with Crippen LogP contribution in [0.3, 0.4) is 0 Å². The summed E-state index contributed by atoms with van der Waals surface area (Å²) in [5.74, 6) is 0.159. The van der Waals surface area contributed by atoms with Crippen LogP contribution in [-0.2, 0) is 20.9 Å². The van der Waals surface area contributed by atoms with E-state index in [1.807, 2.05) is 23.1 Å². The number of hydrogen-bond acceptors (Lipinski definition) is 4. The molecule has 2 aliphatic rings. The number of aromatic nitrogens is 1. The molecular weight excluding hydrogens is 318 g/mol. The Labute approximate surface area is 149 Å². The summed E-state index contributed by atoms with van der Waals surface area (Å²) in [7, 11) is 0. The maximum Gasteiger partial charge on any atom is 0.242 e. The van der Waals surface area contributed by atoms with Gasteiger partial charge in [0.05, 0.1) is 24.9 Å². The minimum Gasteiger partial charge on any atom is -0.370 e. The topological polar surface area (TPSA) is 62.7 Å². The van der Waals surface area contributed by atoms with E-state index in [9.17, 15) is 9.59 Å². The maximum atomic E-state index is 12.6. The molecule has 6 heteroatoms. The lowest BCUT2D eigenvalue weighted by Gasteiger charge is -2.34. The molecule has 0 spiro atoms. The van der Waals surface area contributed by atoms with Gasteiger partial charge in [0.2, 0.25) is 11.8 Å². The number of pyridine rings is 1. The number of carbonyl (C=O) groups is 2. The first-order valence-corrected chi connectivity index (χ1v) is 9.29. The molecule has 1 aromatic heterocycles. The summed E-state index contributed by atoms with van der Waals surface area (Å²) in [5.41, 5.74) is 0.904. The molecule has 136 valence electrons. The fraction of sp³-hybridized carbons (Fsp3) is 0.632. The fourth-order valence-electron chi connectivity index (χ4n) is 3.46. The van der Waals surface area contributed by atoms with E-state index < -0.39 is 0 Å². The number of rotatable bonds is 5. The highest BCUT2D eigenvalue weighted by atomic mass is 16.5. The molecule has 1 unspecified atom stereocenters. The highest BCUT2D eigenvalue weighted by Gasteiger charge is 2.27. The number of ether oxygens (including phenoxy) is 1. The minimum absolute atomic E-state index is 0.0412. The summed E-state index contributed by atoms with van der Waals surface area (Å²) in [6, 6.07) is 5.77. The van der Waals surface area contributed by atoms with Crippen LogP contribution in [0.2, 0.25) is 0 Å². The van der Waals surface area contributed by atoms with Crippen molar-refractivity contribution in [3.63, 3.8) is 0 Å². The monoisotopic (exact) mass is 345 g/mol. The van der Waals surface area contributed by atoms with Gasteiger partial charge in [0.25, 0.3) is 0 Å². The summed E-state index contributed by atoms with van der Waals surface area (Å²) >= 11 is 0. The lowest BCUT2D eigenvalue weighted by molar-refractivity contribution is -0.142. The van der Waals surface area contributed by atoms with Gasteiger partial charge in [0.15, 0.2) is 0 Å². The van der Waals surface area contributed by atoms with Crippen LogP contribution >= 0.6 is 0 Å². The van der Waals surface area contributed by atoms with Crippen LogP contribution in [0.1, 0.15) is 44.2 Å². The van der Waals surface area contributed by atoms with Crippen molar-refractivity contribution in [1.29, 1.82) is 0 Å². The van der Waals surface area contributed by atoms with Crippen LogP contribution in [0.4, 0.5) is 0 Å². The number of nitrogens with zero attached hydrogens (tertiary/aromatic N) is 3. The summed E-state index contributed by atoms with van der Waals surface area (Å²) < 4.78 is 5.94. The normalized spacial score (nSPS) is 21.9. The molecule has 0 saturated carbocycles. The van der Waals surface area contributed by atoms with Crippen molar-refractivity contribution in [2.24, 2.45) is 0 Å². The molecule has 3 heterocycles. The lowest BCUT2D eigenvalue weighted by atomic mass is 10.1. The van der Waals surface area contributed by atoms with Gasteiger partial charge in [-0.25, -0.2) is 0 Å². The van der Waals surface area contributed by atoms with Crippen LogP contribution in [0.15, 0.2) is 24.4 Å². The van der Waals surface area contributed by atoms with Crippen molar-refractivity contribution >= 4 is 11.8 Å². The van der Waals surface area contributed by atoms with E-state index in [1.165, 1.54) is 0 Å². The first kappa shape index (κ1) is 17.9. The van der Waals surface area contributed by atoms with E-state index in [1.54, 1.807) is 11.1 Å². The highest BCUT2D eigenvalue weighted by Crippen LogP contribution is 2.16. The second-order valence-corrected chi connectivity index (χ2v) is 6.86. The number of carbonyl (C=O) groups excluding carboxylic acids is 2. The van der Waals surface area contributed by atoms with E-state index in [0.29, 0.717) is 26.1 Å². The third-order valence-electron chi connectivity index (χ3n) is 4.92. The standard InChI is InChI=1S/C19H27N3O3/c23-18-9-2-1-5-11-22(18)14-19(24)21-12-6-8-17(13-21)25-15-16-7-3-4-10-20-16/h3-4,7,10,17H,1-2,5-6,8-9,11-15H2. The second-order valence-electron chi connectivity index (χ2n) is 6.86. The Morgan fingerprint density at radius 2 is 2.12 bits per heavy atom. The van der Waals surface area contributed by atoms with Gasteiger partial charge in [-0.15, -0.1) is 0 Å². The molecule has 2 aliphatic heterocycles. The quantitative estimate of drug-likeness (QED) is 0.819. The molecule has 0 N–H and O–H groups in total.